The molecular weight excluding hydrogens is 390 g/mol. The summed E-state index contributed by atoms with van der Waals surface area (Å²) in [4.78, 5) is 59.4. The van der Waals surface area contributed by atoms with Gasteiger partial charge in [0.25, 0.3) is 11.0 Å². The lowest BCUT2D eigenvalue weighted by Crippen LogP contribution is -2.33. The van der Waals surface area contributed by atoms with Crippen molar-refractivity contribution in [2.45, 2.75) is 20.0 Å². The molecule has 1 aromatic carbocycles. The van der Waals surface area contributed by atoms with Crippen molar-refractivity contribution in [3.8, 4) is 0 Å². The summed E-state index contributed by atoms with van der Waals surface area (Å²) < 4.78 is 0. The van der Waals surface area contributed by atoms with Crippen LogP contribution >= 0.6 is 0 Å². The molecule has 160 valence electrons. The molecule has 3 amide bonds. The molecular formula is C17H23N3O9. The van der Waals surface area contributed by atoms with E-state index < -0.39 is 23.8 Å². The van der Waals surface area contributed by atoms with Crippen LogP contribution in [0.5, 0.6) is 0 Å². The molecule has 12 heteroatoms. The summed E-state index contributed by atoms with van der Waals surface area (Å²) in [7, 11) is 1.53. The molecule has 1 atom stereocenters. The van der Waals surface area contributed by atoms with E-state index in [0.29, 0.717) is 34.3 Å². The fraction of sp³-hybridized carbons (Fsp3) is 0.412. The quantitative estimate of drug-likeness (QED) is 0.218. The Balaban J connectivity index is 0.000000734. The zero-order valence-electron chi connectivity index (χ0n) is 16.2. The second-order valence-electron chi connectivity index (χ2n) is 5.89. The molecule has 0 aliphatic carbocycles. The van der Waals surface area contributed by atoms with Crippen LogP contribution in [0.2, 0.25) is 0 Å². The van der Waals surface area contributed by atoms with Gasteiger partial charge >= 0.3 is 0 Å². The maximum absolute atomic E-state index is 12.1. The number of nitrogens with zero attached hydrogens (tertiary/aromatic N) is 3. The number of aliphatic hydroxyl groups is 2. The van der Waals surface area contributed by atoms with Crippen molar-refractivity contribution in [3.05, 3.63) is 44.5 Å². The number of hydrogen-bond acceptors (Lipinski definition) is 9. The summed E-state index contributed by atoms with van der Waals surface area (Å²) in [5, 5.41) is 26.0. The molecule has 2 N–H and O–H groups in total. The highest BCUT2D eigenvalue weighted by molar-refractivity contribution is 6.01. The highest BCUT2D eigenvalue weighted by Gasteiger charge is 2.19. The van der Waals surface area contributed by atoms with Crippen LogP contribution in [0.15, 0.2) is 12.1 Å². The molecule has 0 saturated heterocycles. The minimum atomic E-state index is -1.10. The molecule has 0 saturated carbocycles. The molecule has 0 fully saturated rings. The van der Waals surface area contributed by atoms with Crippen molar-refractivity contribution in [2.75, 3.05) is 26.9 Å². The van der Waals surface area contributed by atoms with Gasteiger partial charge in [0.1, 0.15) is 6.29 Å². The van der Waals surface area contributed by atoms with E-state index in [1.54, 1.807) is 13.8 Å². The van der Waals surface area contributed by atoms with Gasteiger partial charge in [-0.3, -0.25) is 28.9 Å². The topological polar surface area (TPSA) is 168 Å². The van der Waals surface area contributed by atoms with E-state index in [-0.39, 0.29) is 25.1 Å². The fourth-order valence-corrected chi connectivity index (χ4v) is 2.03. The van der Waals surface area contributed by atoms with Crippen molar-refractivity contribution < 1.29 is 39.3 Å². The van der Waals surface area contributed by atoms with Gasteiger partial charge in [-0.2, -0.15) is 0 Å². The van der Waals surface area contributed by atoms with E-state index in [0.717, 1.165) is 0 Å². The fourth-order valence-electron chi connectivity index (χ4n) is 2.03. The van der Waals surface area contributed by atoms with Crippen LogP contribution in [0.1, 0.15) is 31.8 Å². The third-order valence-corrected chi connectivity index (χ3v) is 3.55. The molecule has 0 spiro atoms. The first-order valence-corrected chi connectivity index (χ1v) is 8.15. The van der Waals surface area contributed by atoms with Gasteiger partial charge in [-0.05, 0) is 37.1 Å². The SMILES string of the molecule is CN(C=O)CC(O)CO.Cc1cc(C(=O)N(C=O)CO[N+](=O)[O-])c(C)cc1C=O. The number of aldehydes is 1. The molecule has 1 unspecified atom stereocenters. The van der Waals surface area contributed by atoms with E-state index in [2.05, 4.69) is 4.84 Å². The Morgan fingerprint density at radius 2 is 1.86 bits per heavy atom. The number of imide groups is 1. The third-order valence-electron chi connectivity index (χ3n) is 3.55. The third kappa shape index (κ3) is 8.90. The Labute approximate surface area is 166 Å². The van der Waals surface area contributed by atoms with Crippen LogP contribution in [-0.4, -0.2) is 83.1 Å². The number of aryl methyl sites for hydroxylation is 2. The average molecular weight is 413 g/mol. The Hall–Kier alpha value is -3.38. The Morgan fingerprint density at radius 1 is 1.24 bits per heavy atom. The van der Waals surface area contributed by atoms with E-state index in [4.69, 9.17) is 10.2 Å². The Kier molecular flexibility index (Phi) is 11.4. The van der Waals surface area contributed by atoms with Gasteiger partial charge < -0.3 is 15.1 Å². The first-order chi connectivity index (χ1) is 13.6. The molecule has 0 bridgehead atoms. The molecule has 0 aromatic heterocycles. The van der Waals surface area contributed by atoms with Gasteiger partial charge in [-0.1, -0.05) is 0 Å². The van der Waals surface area contributed by atoms with Crippen molar-refractivity contribution in [3.63, 3.8) is 0 Å². The first kappa shape index (κ1) is 25.6. The smallest absolute Gasteiger partial charge is 0.296 e. The highest BCUT2D eigenvalue weighted by Crippen LogP contribution is 2.16. The number of rotatable bonds is 10. The summed E-state index contributed by atoms with van der Waals surface area (Å²) in [6, 6.07) is 2.96. The lowest BCUT2D eigenvalue weighted by atomic mass is 10.00. The predicted molar refractivity (Wildman–Crippen MR) is 98.3 cm³/mol. The number of hydrogen-bond donors (Lipinski definition) is 2. The second-order valence-corrected chi connectivity index (χ2v) is 5.89. The largest absolute Gasteiger partial charge is 0.394 e. The summed E-state index contributed by atoms with van der Waals surface area (Å²) in [6.45, 7) is 2.32. The Bertz CT molecular complexity index is 739. The summed E-state index contributed by atoms with van der Waals surface area (Å²) in [5.74, 6) is -0.736. The Morgan fingerprint density at radius 3 is 2.31 bits per heavy atom. The molecule has 0 aliphatic rings. The number of aliphatic hydroxyl groups excluding tert-OH is 2. The van der Waals surface area contributed by atoms with E-state index in [1.165, 1.54) is 24.1 Å². The number of amides is 3. The molecule has 0 radical (unpaired) electrons. The summed E-state index contributed by atoms with van der Waals surface area (Å²) in [6.07, 6.45) is 0.581. The molecule has 1 rings (SSSR count). The molecule has 0 heterocycles. The van der Waals surface area contributed by atoms with Gasteiger partial charge in [-0.15, -0.1) is 10.1 Å². The van der Waals surface area contributed by atoms with Crippen molar-refractivity contribution in [2.24, 2.45) is 0 Å². The van der Waals surface area contributed by atoms with Gasteiger partial charge in [0.05, 0.1) is 12.7 Å². The molecule has 1 aromatic rings. The van der Waals surface area contributed by atoms with Crippen LogP contribution < -0.4 is 0 Å². The minimum absolute atomic E-state index is 0.147. The minimum Gasteiger partial charge on any atom is -0.394 e. The summed E-state index contributed by atoms with van der Waals surface area (Å²) in [5.41, 5.74) is 1.65. The number of benzene rings is 1. The van der Waals surface area contributed by atoms with Gasteiger partial charge in [0.15, 0.2) is 6.73 Å². The average Bonchev–Trinajstić information content (AvgIpc) is 2.69. The number of carbonyl (C=O) groups excluding carboxylic acids is 4. The van der Waals surface area contributed by atoms with Crippen LogP contribution in [0.3, 0.4) is 0 Å². The summed E-state index contributed by atoms with van der Waals surface area (Å²) >= 11 is 0. The maximum Gasteiger partial charge on any atom is 0.296 e. The van der Waals surface area contributed by atoms with Crippen molar-refractivity contribution in [1.29, 1.82) is 0 Å². The zero-order chi connectivity index (χ0) is 22.6. The normalized spacial score (nSPS) is 10.7. The van der Waals surface area contributed by atoms with Crippen LogP contribution in [0.4, 0.5) is 0 Å². The van der Waals surface area contributed by atoms with Crippen LogP contribution in [0.25, 0.3) is 0 Å². The number of likely N-dealkylation sites (N-methyl/N-ethyl adjacent to an activating group) is 1. The maximum atomic E-state index is 12.1. The van der Waals surface area contributed by atoms with Crippen molar-refractivity contribution in [1.82, 2.24) is 9.80 Å². The van der Waals surface area contributed by atoms with E-state index >= 15 is 0 Å². The first-order valence-electron chi connectivity index (χ1n) is 8.15. The van der Waals surface area contributed by atoms with Crippen LogP contribution in [-0.2, 0) is 14.4 Å². The number of carbonyl (C=O) groups is 4. The molecule has 29 heavy (non-hydrogen) atoms. The second kappa shape index (κ2) is 12.9. The van der Waals surface area contributed by atoms with E-state index in [9.17, 15) is 29.3 Å². The molecule has 12 nitrogen and oxygen atoms in total. The van der Waals surface area contributed by atoms with Crippen molar-refractivity contribution >= 4 is 25.0 Å². The van der Waals surface area contributed by atoms with Gasteiger partial charge in [-0.25, -0.2) is 0 Å². The monoisotopic (exact) mass is 413 g/mol. The van der Waals surface area contributed by atoms with Crippen LogP contribution in [0, 0.1) is 24.0 Å². The zero-order valence-corrected chi connectivity index (χ0v) is 16.2. The van der Waals surface area contributed by atoms with Gasteiger partial charge in [0.2, 0.25) is 12.8 Å². The lowest BCUT2D eigenvalue weighted by Gasteiger charge is -2.16. The van der Waals surface area contributed by atoms with Gasteiger partial charge in [0, 0.05) is 24.7 Å². The predicted octanol–water partition coefficient (Wildman–Crippen LogP) is -0.692. The molecule has 0 aliphatic heterocycles. The highest BCUT2D eigenvalue weighted by atomic mass is 17.0. The lowest BCUT2D eigenvalue weighted by molar-refractivity contribution is -0.761. The van der Waals surface area contributed by atoms with E-state index in [1.807, 2.05) is 0 Å². The standard InChI is InChI=1S/C12H12N2O6.C5H11NO3/c1-8-4-11(9(2)3-10(8)5-15)12(17)13(6-16)7-20-14(18)19;1-6(4-8)2-5(9)3-7/h3-6H,7H2,1-2H3;4-5,7,9H,2-3H2,1H3.